The molecule has 1 heterocycles. The molecule has 0 saturated carbocycles. The smallest absolute Gasteiger partial charge is 0.309 e. The number of hydrogen-bond acceptors (Lipinski definition) is 2. The lowest BCUT2D eigenvalue weighted by atomic mass is 9.99. The molecule has 2 nitrogen and oxygen atoms in total. The predicted molar refractivity (Wildman–Crippen MR) is 57.0 cm³/mol. The van der Waals surface area contributed by atoms with Crippen LogP contribution in [0.15, 0.2) is 12.2 Å². The third-order valence-electron chi connectivity index (χ3n) is 2.57. The Bertz CT molecular complexity index is 196. The Hall–Kier alpha value is -0.790. The molecule has 1 rings (SSSR count). The highest BCUT2D eigenvalue weighted by Gasteiger charge is 2.17. The number of hydrogen-bond donors (Lipinski definition) is 0. The molecule has 0 spiro atoms. The summed E-state index contributed by atoms with van der Waals surface area (Å²) in [5.74, 6) is 0.0905. The molecule has 1 aliphatic heterocycles. The normalized spacial score (nSPS) is 26.6. The number of rotatable bonds is 2. The van der Waals surface area contributed by atoms with Crippen molar-refractivity contribution in [1.82, 2.24) is 0 Å². The first-order valence-electron chi connectivity index (χ1n) is 5.66. The van der Waals surface area contributed by atoms with E-state index in [9.17, 15) is 4.79 Å². The topological polar surface area (TPSA) is 26.3 Å². The summed E-state index contributed by atoms with van der Waals surface area (Å²) in [6.45, 7) is 2.71. The minimum absolute atomic E-state index is 0.00148. The maximum absolute atomic E-state index is 11.6. The molecule has 0 aromatic carbocycles. The maximum Gasteiger partial charge on any atom is 0.309 e. The van der Waals surface area contributed by atoms with E-state index >= 15 is 0 Å². The van der Waals surface area contributed by atoms with Gasteiger partial charge in [-0.05, 0) is 32.1 Å². The van der Waals surface area contributed by atoms with E-state index in [1.54, 1.807) is 0 Å². The van der Waals surface area contributed by atoms with Crippen LogP contribution in [0.5, 0.6) is 0 Å². The number of carbonyl (C=O) groups excluding carboxylic acids is 1. The molecule has 0 radical (unpaired) electrons. The second-order valence-electron chi connectivity index (χ2n) is 3.86. The van der Waals surface area contributed by atoms with Crippen LogP contribution in [0.25, 0.3) is 0 Å². The van der Waals surface area contributed by atoms with E-state index < -0.39 is 0 Å². The van der Waals surface area contributed by atoms with E-state index in [0.29, 0.717) is 6.61 Å². The van der Waals surface area contributed by atoms with Crippen molar-refractivity contribution in [2.24, 2.45) is 5.92 Å². The molecule has 0 aromatic rings. The van der Waals surface area contributed by atoms with E-state index in [-0.39, 0.29) is 11.9 Å². The van der Waals surface area contributed by atoms with Crippen molar-refractivity contribution in [2.45, 2.75) is 45.4 Å². The molecule has 1 aliphatic rings. The van der Waals surface area contributed by atoms with E-state index in [0.717, 1.165) is 38.5 Å². The van der Waals surface area contributed by atoms with Gasteiger partial charge in [-0.2, -0.15) is 0 Å². The average Bonchev–Trinajstić information content (AvgIpc) is 2.20. The number of carbonyl (C=O) groups is 1. The number of ether oxygens (including phenoxy) is 1. The van der Waals surface area contributed by atoms with Gasteiger partial charge in [-0.3, -0.25) is 4.79 Å². The minimum Gasteiger partial charge on any atom is -0.465 e. The molecule has 0 aliphatic carbocycles. The Balaban J connectivity index is 2.49. The highest BCUT2D eigenvalue weighted by atomic mass is 16.5. The fourth-order valence-electron chi connectivity index (χ4n) is 1.71. The molecule has 14 heavy (non-hydrogen) atoms. The van der Waals surface area contributed by atoms with Gasteiger partial charge >= 0.3 is 5.97 Å². The molecule has 0 amide bonds. The summed E-state index contributed by atoms with van der Waals surface area (Å²) in [4.78, 5) is 11.6. The van der Waals surface area contributed by atoms with Gasteiger partial charge in [0.1, 0.15) is 0 Å². The van der Waals surface area contributed by atoms with Crippen molar-refractivity contribution in [3.05, 3.63) is 12.2 Å². The van der Waals surface area contributed by atoms with Crippen LogP contribution in [0, 0.1) is 5.92 Å². The van der Waals surface area contributed by atoms with Crippen LogP contribution in [-0.2, 0) is 9.53 Å². The quantitative estimate of drug-likeness (QED) is 0.501. The van der Waals surface area contributed by atoms with Crippen LogP contribution in [0.3, 0.4) is 0 Å². The molecule has 80 valence electrons. The van der Waals surface area contributed by atoms with Crippen LogP contribution in [-0.4, -0.2) is 12.6 Å². The van der Waals surface area contributed by atoms with Crippen molar-refractivity contribution < 1.29 is 9.53 Å². The molecule has 0 aromatic heterocycles. The van der Waals surface area contributed by atoms with Gasteiger partial charge in [-0.1, -0.05) is 25.5 Å². The fraction of sp³-hybridized carbons (Fsp3) is 0.750. The molecule has 0 N–H and O–H groups in total. The number of cyclic esters (lactones) is 1. The van der Waals surface area contributed by atoms with Gasteiger partial charge < -0.3 is 4.74 Å². The van der Waals surface area contributed by atoms with Crippen LogP contribution >= 0.6 is 0 Å². The second kappa shape index (κ2) is 6.63. The Kier molecular flexibility index (Phi) is 5.35. The monoisotopic (exact) mass is 196 g/mol. The predicted octanol–water partition coefficient (Wildman–Crippen LogP) is 3.08. The molecule has 0 saturated heterocycles. The lowest BCUT2D eigenvalue weighted by Gasteiger charge is -2.14. The van der Waals surface area contributed by atoms with Gasteiger partial charge in [0.2, 0.25) is 0 Å². The standard InChI is InChI=1S/C12H20O2/c1-2-8-11-9-6-4-3-5-7-10-14-12(11)13/h4,6,11H,2-3,5,7-10H2,1H3/b6-4-. The summed E-state index contributed by atoms with van der Waals surface area (Å²) in [6.07, 6.45) is 10.4. The summed E-state index contributed by atoms with van der Waals surface area (Å²) in [5, 5.41) is 0. The first-order valence-corrected chi connectivity index (χ1v) is 5.66. The van der Waals surface area contributed by atoms with E-state index in [1.165, 1.54) is 0 Å². The van der Waals surface area contributed by atoms with Crippen molar-refractivity contribution in [3.8, 4) is 0 Å². The minimum atomic E-state index is -0.00148. The van der Waals surface area contributed by atoms with Crippen LogP contribution in [0.1, 0.15) is 45.4 Å². The summed E-state index contributed by atoms with van der Waals surface area (Å²) in [5.41, 5.74) is 0. The largest absolute Gasteiger partial charge is 0.465 e. The van der Waals surface area contributed by atoms with Crippen molar-refractivity contribution >= 4 is 5.97 Å². The Morgan fingerprint density at radius 2 is 2.29 bits per heavy atom. The summed E-state index contributed by atoms with van der Waals surface area (Å²) < 4.78 is 5.21. The molecule has 1 atom stereocenters. The van der Waals surface area contributed by atoms with Gasteiger partial charge in [0.05, 0.1) is 12.5 Å². The fourth-order valence-corrected chi connectivity index (χ4v) is 1.71. The van der Waals surface area contributed by atoms with E-state index in [4.69, 9.17) is 4.74 Å². The molecule has 1 unspecified atom stereocenters. The van der Waals surface area contributed by atoms with Gasteiger partial charge in [0.15, 0.2) is 0 Å². The lowest BCUT2D eigenvalue weighted by molar-refractivity contribution is -0.148. The van der Waals surface area contributed by atoms with Crippen LogP contribution in [0.4, 0.5) is 0 Å². The van der Waals surface area contributed by atoms with Gasteiger partial charge in [0, 0.05) is 0 Å². The Morgan fingerprint density at radius 1 is 1.43 bits per heavy atom. The molecule has 0 bridgehead atoms. The molecular weight excluding hydrogens is 176 g/mol. The zero-order valence-electron chi connectivity index (χ0n) is 9.00. The summed E-state index contributed by atoms with van der Waals surface area (Å²) >= 11 is 0. The molecular formula is C12H20O2. The Morgan fingerprint density at radius 3 is 3.07 bits per heavy atom. The van der Waals surface area contributed by atoms with Crippen molar-refractivity contribution in [3.63, 3.8) is 0 Å². The number of allylic oxidation sites excluding steroid dienone is 2. The average molecular weight is 196 g/mol. The number of esters is 1. The summed E-state index contributed by atoms with van der Waals surface area (Å²) in [7, 11) is 0. The van der Waals surface area contributed by atoms with Gasteiger partial charge in [-0.15, -0.1) is 0 Å². The highest BCUT2D eigenvalue weighted by molar-refractivity contribution is 5.72. The van der Waals surface area contributed by atoms with Crippen molar-refractivity contribution in [1.29, 1.82) is 0 Å². The van der Waals surface area contributed by atoms with Gasteiger partial charge in [-0.25, -0.2) is 0 Å². The third-order valence-corrected chi connectivity index (χ3v) is 2.57. The third kappa shape index (κ3) is 3.95. The maximum atomic E-state index is 11.6. The van der Waals surface area contributed by atoms with E-state index in [1.807, 2.05) is 0 Å². The van der Waals surface area contributed by atoms with Crippen LogP contribution in [0.2, 0.25) is 0 Å². The Labute approximate surface area is 86.3 Å². The van der Waals surface area contributed by atoms with Crippen molar-refractivity contribution in [2.75, 3.05) is 6.61 Å². The SMILES string of the molecule is CCCC1C/C=C\CCCCOC1=O. The van der Waals surface area contributed by atoms with Gasteiger partial charge in [0.25, 0.3) is 0 Å². The second-order valence-corrected chi connectivity index (χ2v) is 3.86. The van der Waals surface area contributed by atoms with Crippen LogP contribution < -0.4 is 0 Å². The first kappa shape index (κ1) is 11.3. The van der Waals surface area contributed by atoms with E-state index in [2.05, 4.69) is 19.1 Å². The highest BCUT2D eigenvalue weighted by Crippen LogP contribution is 2.16. The zero-order chi connectivity index (χ0) is 10.2. The molecule has 2 heteroatoms. The lowest BCUT2D eigenvalue weighted by Crippen LogP contribution is -2.18. The summed E-state index contributed by atoms with van der Waals surface area (Å²) in [6, 6.07) is 0. The molecule has 0 fully saturated rings. The first-order chi connectivity index (χ1) is 6.84. The zero-order valence-corrected chi connectivity index (χ0v) is 9.00.